The summed E-state index contributed by atoms with van der Waals surface area (Å²) in [4.78, 5) is 27.8. The van der Waals surface area contributed by atoms with Crippen molar-refractivity contribution < 1.29 is 18.8 Å². The molecule has 0 fully saturated rings. The maximum atomic E-state index is 13.8. The molecule has 0 aliphatic carbocycles. The summed E-state index contributed by atoms with van der Waals surface area (Å²) in [6, 6.07) is 3.52. The van der Waals surface area contributed by atoms with Gasteiger partial charge in [-0.05, 0) is 74.2 Å². The average molecular weight is 485 g/mol. The zero-order chi connectivity index (χ0) is 25.7. The Morgan fingerprint density at radius 3 is 2.47 bits per heavy atom. The summed E-state index contributed by atoms with van der Waals surface area (Å²) in [5, 5.41) is 2.81. The minimum atomic E-state index is -1.98. The first-order valence-electron chi connectivity index (χ1n) is 11.8. The third kappa shape index (κ3) is 6.70. The van der Waals surface area contributed by atoms with Gasteiger partial charge in [0.15, 0.2) is 8.32 Å². The van der Waals surface area contributed by atoms with Crippen LogP contribution in [0, 0.1) is 13.8 Å². The van der Waals surface area contributed by atoms with Crippen molar-refractivity contribution in [2.75, 3.05) is 18.5 Å². The lowest BCUT2D eigenvalue weighted by molar-refractivity contribution is 0.0738. The van der Waals surface area contributed by atoms with Crippen LogP contribution in [0.4, 0.5) is 10.5 Å². The fourth-order valence-corrected chi connectivity index (χ4v) is 4.48. The fourth-order valence-electron chi connectivity index (χ4n) is 3.43. The summed E-state index contributed by atoms with van der Waals surface area (Å²) >= 11 is 0. The van der Waals surface area contributed by atoms with E-state index in [0.29, 0.717) is 17.9 Å². The Morgan fingerprint density at radius 1 is 1.24 bits per heavy atom. The number of hydrogen-bond donors (Lipinski definition) is 1. The molecule has 1 N–H and O–H groups in total. The number of carbonyl (C=O) groups excluding carboxylic acids is 2. The van der Waals surface area contributed by atoms with Gasteiger partial charge < -0.3 is 14.1 Å². The molecule has 1 aromatic rings. The van der Waals surface area contributed by atoms with E-state index >= 15 is 0 Å². The van der Waals surface area contributed by atoms with Gasteiger partial charge in [-0.1, -0.05) is 45.6 Å². The summed E-state index contributed by atoms with van der Waals surface area (Å²) in [5.74, 6) is -0.176. The number of hydrogen-bond acceptors (Lipinski definition) is 4. The van der Waals surface area contributed by atoms with E-state index in [0.717, 1.165) is 23.1 Å². The fraction of sp³-hybridized carbons (Fsp3) is 0.481. The Kier molecular flexibility index (Phi) is 9.08. The van der Waals surface area contributed by atoms with Gasteiger partial charge in [0.2, 0.25) is 0 Å². The molecular formula is C27H40N2O4Si. The van der Waals surface area contributed by atoms with Crippen LogP contribution < -0.4 is 5.32 Å². The number of benzene rings is 1. The van der Waals surface area contributed by atoms with Gasteiger partial charge in [-0.2, -0.15) is 0 Å². The molecule has 1 atom stereocenters. The van der Waals surface area contributed by atoms with Gasteiger partial charge in [-0.15, -0.1) is 0 Å². The van der Waals surface area contributed by atoms with Gasteiger partial charge in [-0.3, -0.25) is 10.1 Å². The highest BCUT2D eigenvalue weighted by Gasteiger charge is 2.39. The molecule has 6 nitrogen and oxygen atoms in total. The van der Waals surface area contributed by atoms with E-state index in [4.69, 9.17) is 9.16 Å². The Bertz CT molecular complexity index is 989. The van der Waals surface area contributed by atoms with E-state index in [1.807, 2.05) is 51.3 Å². The van der Waals surface area contributed by atoms with Crippen LogP contribution in [0.25, 0.3) is 0 Å². The van der Waals surface area contributed by atoms with Gasteiger partial charge in [-0.25, -0.2) is 4.79 Å². The monoisotopic (exact) mass is 484 g/mol. The molecule has 0 saturated heterocycles. The molecule has 0 saturated carbocycles. The van der Waals surface area contributed by atoms with E-state index in [1.54, 1.807) is 4.90 Å². The first-order chi connectivity index (χ1) is 15.8. The quantitative estimate of drug-likeness (QED) is 0.328. The molecule has 186 valence electrons. The van der Waals surface area contributed by atoms with Crippen LogP contribution in [0.15, 0.2) is 48.7 Å². The first-order valence-corrected chi connectivity index (χ1v) is 14.7. The number of nitrogens with zero attached hydrogens (tertiary/aromatic N) is 1. The van der Waals surface area contributed by atoms with Crippen molar-refractivity contribution in [2.45, 2.75) is 72.1 Å². The lowest BCUT2D eigenvalue weighted by Crippen LogP contribution is -2.45. The first kappa shape index (κ1) is 27.6. The predicted molar refractivity (Wildman–Crippen MR) is 142 cm³/mol. The van der Waals surface area contributed by atoms with E-state index in [9.17, 15) is 9.59 Å². The number of ether oxygens (including phenoxy) is 1. The van der Waals surface area contributed by atoms with Gasteiger partial charge in [0.05, 0.1) is 23.9 Å². The van der Waals surface area contributed by atoms with Crippen LogP contribution in [0.3, 0.4) is 0 Å². The minimum Gasteiger partial charge on any atom is -0.445 e. The van der Waals surface area contributed by atoms with Crippen molar-refractivity contribution in [2.24, 2.45) is 0 Å². The Morgan fingerprint density at radius 2 is 1.88 bits per heavy atom. The summed E-state index contributed by atoms with van der Waals surface area (Å²) in [5.41, 5.74) is 3.87. The van der Waals surface area contributed by atoms with Gasteiger partial charge in [0, 0.05) is 6.20 Å². The largest absolute Gasteiger partial charge is 0.445 e. The van der Waals surface area contributed by atoms with E-state index in [2.05, 4.69) is 45.8 Å². The Hall–Kier alpha value is -2.64. The number of nitrogens with one attached hydrogen (secondary N) is 1. The lowest BCUT2D eigenvalue weighted by Gasteiger charge is -2.38. The second kappa shape index (κ2) is 11.2. The number of carbonyl (C=O) groups is 2. The summed E-state index contributed by atoms with van der Waals surface area (Å²) in [7, 11) is -1.98. The molecule has 7 heteroatoms. The molecule has 0 spiro atoms. The molecule has 2 rings (SSSR count). The van der Waals surface area contributed by atoms with Crippen LogP contribution in [0.1, 0.15) is 55.6 Å². The highest BCUT2D eigenvalue weighted by molar-refractivity contribution is 6.74. The molecule has 1 aliphatic heterocycles. The second-order valence-electron chi connectivity index (χ2n) is 10.3. The van der Waals surface area contributed by atoms with Crippen molar-refractivity contribution in [1.29, 1.82) is 0 Å². The Balaban J connectivity index is 2.38. The van der Waals surface area contributed by atoms with Gasteiger partial charge >= 0.3 is 6.09 Å². The van der Waals surface area contributed by atoms with Crippen LogP contribution in [-0.2, 0) is 9.16 Å². The van der Waals surface area contributed by atoms with Crippen LogP contribution in [0.5, 0.6) is 0 Å². The number of amides is 2. The van der Waals surface area contributed by atoms with Crippen molar-refractivity contribution in [3.8, 4) is 0 Å². The molecule has 2 amide bonds. The van der Waals surface area contributed by atoms with E-state index in [1.165, 1.54) is 6.08 Å². The van der Waals surface area contributed by atoms with E-state index in [-0.39, 0.29) is 23.6 Å². The Labute approximate surface area is 205 Å². The topological polar surface area (TPSA) is 67.9 Å². The van der Waals surface area contributed by atoms with Gasteiger partial charge in [0.1, 0.15) is 6.61 Å². The second-order valence-corrected chi connectivity index (χ2v) is 15.1. The molecule has 1 aromatic carbocycles. The average Bonchev–Trinajstić information content (AvgIpc) is 3.15. The minimum absolute atomic E-state index is 0.0803. The van der Waals surface area contributed by atoms with Crippen molar-refractivity contribution >= 4 is 26.0 Å². The van der Waals surface area contributed by atoms with Crippen molar-refractivity contribution in [1.82, 2.24) is 4.90 Å². The molecule has 0 aromatic heterocycles. The van der Waals surface area contributed by atoms with Crippen molar-refractivity contribution in [3.63, 3.8) is 0 Å². The number of rotatable bonds is 8. The summed E-state index contributed by atoms with van der Waals surface area (Å²) < 4.78 is 11.6. The lowest BCUT2D eigenvalue weighted by atomic mass is 10.0. The molecule has 0 unspecified atom stereocenters. The predicted octanol–water partition coefficient (Wildman–Crippen LogP) is 6.73. The maximum absolute atomic E-state index is 13.8. The normalized spacial score (nSPS) is 16.5. The third-order valence-electron chi connectivity index (χ3n) is 6.66. The molecular weight excluding hydrogens is 444 g/mol. The summed E-state index contributed by atoms with van der Waals surface area (Å²) in [6.45, 7) is 21.0. The molecule has 0 radical (unpaired) electrons. The highest BCUT2D eigenvalue weighted by atomic mass is 28.4. The van der Waals surface area contributed by atoms with Crippen molar-refractivity contribution in [3.05, 3.63) is 65.4 Å². The number of allylic oxidation sites excluding steroid dienone is 2. The standard InChI is InChI=1S/C27H40N2O4Si/c1-10-12-21-16-22(18-33-34(8,9)27(5,6)7)29(17-21)25(30)23-14-19(3)20(4)15-24(23)28-26(31)32-13-11-2/h10-12,14-15,17,22H,2,13,16,18H2,1,3-9H3,(H,28,31)/b12-10+/t22-/m0/s1. The van der Waals surface area contributed by atoms with E-state index < -0.39 is 14.4 Å². The SMILES string of the molecule is C=CCOC(=O)Nc1cc(C)c(C)cc1C(=O)N1C=C(/C=C/C)C[C@H]1CO[Si](C)(C)C(C)(C)C. The van der Waals surface area contributed by atoms with Crippen LogP contribution >= 0.6 is 0 Å². The molecule has 1 heterocycles. The molecule has 0 bridgehead atoms. The zero-order valence-corrected chi connectivity index (χ0v) is 23.0. The molecule has 34 heavy (non-hydrogen) atoms. The molecule has 1 aliphatic rings. The number of aryl methyl sites for hydroxylation is 2. The highest BCUT2D eigenvalue weighted by Crippen LogP contribution is 2.37. The summed E-state index contributed by atoms with van der Waals surface area (Å²) in [6.07, 6.45) is 7.50. The van der Waals surface area contributed by atoms with Crippen LogP contribution in [0.2, 0.25) is 18.1 Å². The smallest absolute Gasteiger partial charge is 0.411 e. The zero-order valence-electron chi connectivity index (χ0n) is 22.0. The third-order valence-corrected chi connectivity index (χ3v) is 11.2. The van der Waals surface area contributed by atoms with Gasteiger partial charge in [0.25, 0.3) is 5.91 Å². The van der Waals surface area contributed by atoms with Crippen LogP contribution in [-0.4, -0.2) is 44.5 Å². The number of anilines is 1. The maximum Gasteiger partial charge on any atom is 0.411 e.